The average molecular weight is 285 g/mol. The third-order valence-electron chi connectivity index (χ3n) is 3.20. The second-order valence-electron chi connectivity index (χ2n) is 4.51. The van der Waals surface area contributed by atoms with E-state index < -0.39 is 0 Å². The molecule has 1 aliphatic heterocycles. The molecule has 2 heterocycles. The molecule has 2 aromatic rings. The Balaban J connectivity index is 0.00000120. The summed E-state index contributed by atoms with van der Waals surface area (Å²) < 4.78 is 11.4. The van der Waals surface area contributed by atoms with Crippen molar-refractivity contribution in [3.8, 4) is 5.88 Å². The molecule has 1 atom stereocenters. The fraction of sp³-hybridized carbons (Fsp3) is 0.462. The maximum atomic E-state index is 5.86. The van der Waals surface area contributed by atoms with Gasteiger partial charge in [0.2, 0.25) is 5.88 Å². The zero-order valence-electron chi connectivity index (χ0n) is 10.1. The fourth-order valence-electron chi connectivity index (χ4n) is 2.23. The molecule has 1 aliphatic rings. The minimum Gasteiger partial charge on any atom is -0.476 e. The van der Waals surface area contributed by atoms with E-state index in [1.807, 2.05) is 12.1 Å². The lowest BCUT2D eigenvalue weighted by Gasteiger charge is -2.22. The van der Waals surface area contributed by atoms with Crippen molar-refractivity contribution in [2.24, 2.45) is 5.92 Å². The molecule has 3 nitrogen and oxygen atoms in total. The summed E-state index contributed by atoms with van der Waals surface area (Å²) in [7, 11) is 0. The number of piperidine rings is 1. The summed E-state index contributed by atoms with van der Waals surface area (Å²) in [6.07, 6.45) is 2.51. The van der Waals surface area contributed by atoms with Gasteiger partial charge in [-0.25, -0.2) is 0 Å². The normalized spacial score (nSPS) is 19.4. The summed E-state index contributed by atoms with van der Waals surface area (Å²) >= 11 is 1.51. The van der Waals surface area contributed by atoms with Crippen molar-refractivity contribution >= 4 is 34.0 Å². The van der Waals surface area contributed by atoms with Gasteiger partial charge in [-0.2, -0.15) is 4.37 Å². The summed E-state index contributed by atoms with van der Waals surface area (Å²) in [5.74, 6) is 1.43. The molecule has 0 bridgehead atoms. The van der Waals surface area contributed by atoms with Gasteiger partial charge in [0, 0.05) is 12.5 Å². The first-order chi connectivity index (χ1) is 8.43. The van der Waals surface area contributed by atoms with E-state index in [4.69, 9.17) is 4.74 Å². The Morgan fingerprint density at radius 2 is 2.28 bits per heavy atom. The van der Waals surface area contributed by atoms with Gasteiger partial charge in [0.1, 0.15) is 0 Å². The first-order valence-corrected chi connectivity index (χ1v) is 6.89. The monoisotopic (exact) mass is 284 g/mol. The van der Waals surface area contributed by atoms with E-state index in [0.717, 1.165) is 31.0 Å². The van der Waals surface area contributed by atoms with Crippen LogP contribution in [0.25, 0.3) is 10.1 Å². The Hall–Kier alpha value is -0.840. The number of nitrogens with one attached hydrogen (secondary N) is 1. The van der Waals surface area contributed by atoms with Crippen LogP contribution in [0.3, 0.4) is 0 Å². The number of benzene rings is 1. The molecule has 1 N–H and O–H groups in total. The van der Waals surface area contributed by atoms with Crippen LogP contribution in [0.2, 0.25) is 0 Å². The van der Waals surface area contributed by atoms with Crippen molar-refractivity contribution in [3.05, 3.63) is 24.3 Å². The van der Waals surface area contributed by atoms with Crippen LogP contribution in [0.15, 0.2) is 24.3 Å². The molecule has 98 valence electrons. The third-order valence-corrected chi connectivity index (χ3v) is 4.01. The highest BCUT2D eigenvalue weighted by Gasteiger charge is 2.15. The van der Waals surface area contributed by atoms with Gasteiger partial charge in [0.25, 0.3) is 0 Å². The van der Waals surface area contributed by atoms with E-state index in [0.29, 0.717) is 5.92 Å². The van der Waals surface area contributed by atoms with Crippen molar-refractivity contribution in [2.75, 3.05) is 19.7 Å². The van der Waals surface area contributed by atoms with E-state index in [1.54, 1.807) is 0 Å². The number of aromatic nitrogens is 1. The lowest BCUT2D eigenvalue weighted by molar-refractivity contribution is 0.215. The number of halogens is 1. The zero-order valence-corrected chi connectivity index (χ0v) is 11.7. The minimum atomic E-state index is 0. The Kier molecular flexibility index (Phi) is 4.80. The van der Waals surface area contributed by atoms with Crippen molar-refractivity contribution in [2.45, 2.75) is 12.8 Å². The molecule has 3 rings (SSSR count). The van der Waals surface area contributed by atoms with Crippen LogP contribution in [0.1, 0.15) is 12.8 Å². The summed E-state index contributed by atoms with van der Waals surface area (Å²) in [5, 5.41) is 4.54. The lowest BCUT2D eigenvalue weighted by Crippen LogP contribution is -2.33. The van der Waals surface area contributed by atoms with E-state index in [1.165, 1.54) is 29.1 Å². The van der Waals surface area contributed by atoms with Gasteiger partial charge in [0.05, 0.1) is 16.7 Å². The fourth-order valence-corrected chi connectivity index (χ4v) is 2.96. The Bertz CT molecular complexity index is 496. The largest absolute Gasteiger partial charge is 0.476 e. The highest BCUT2D eigenvalue weighted by Crippen LogP contribution is 2.28. The van der Waals surface area contributed by atoms with E-state index in [2.05, 4.69) is 21.8 Å². The molecule has 1 fully saturated rings. The Labute approximate surface area is 117 Å². The highest BCUT2D eigenvalue weighted by atomic mass is 35.5. The van der Waals surface area contributed by atoms with Crippen LogP contribution in [0.5, 0.6) is 5.88 Å². The van der Waals surface area contributed by atoms with E-state index in [9.17, 15) is 0 Å². The van der Waals surface area contributed by atoms with Crippen LogP contribution in [0.4, 0.5) is 0 Å². The molecule has 18 heavy (non-hydrogen) atoms. The number of nitrogens with zero attached hydrogens (tertiary/aromatic N) is 1. The van der Waals surface area contributed by atoms with Gasteiger partial charge in [-0.3, -0.25) is 0 Å². The Morgan fingerprint density at radius 1 is 1.39 bits per heavy atom. The highest BCUT2D eigenvalue weighted by molar-refractivity contribution is 7.13. The molecule has 0 radical (unpaired) electrons. The second kappa shape index (κ2) is 6.36. The average Bonchev–Trinajstić information content (AvgIpc) is 2.81. The molecule has 0 aliphatic carbocycles. The van der Waals surface area contributed by atoms with Gasteiger partial charge >= 0.3 is 0 Å². The standard InChI is InChI=1S/C13H16N2OS.ClH/c1-2-6-12-11(5-1)13(15-17-12)16-9-10-4-3-7-14-8-10;/h1-2,5-6,10,14H,3-4,7-9H2;1H. The van der Waals surface area contributed by atoms with Crippen molar-refractivity contribution in [3.63, 3.8) is 0 Å². The van der Waals surface area contributed by atoms with Gasteiger partial charge in [-0.05, 0) is 43.1 Å². The van der Waals surface area contributed by atoms with Gasteiger partial charge < -0.3 is 10.1 Å². The van der Waals surface area contributed by atoms with Crippen LogP contribution < -0.4 is 10.1 Å². The molecule has 1 unspecified atom stereocenters. The predicted molar refractivity (Wildman–Crippen MR) is 78.0 cm³/mol. The molecule has 0 spiro atoms. The smallest absolute Gasteiger partial charge is 0.233 e. The van der Waals surface area contributed by atoms with E-state index >= 15 is 0 Å². The van der Waals surface area contributed by atoms with Crippen LogP contribution in [-0.2, 0) is 0 Å². The summed E-state index contributed by atoms with van der Waals surface area (Å²) in [4.78, 5) is 0. The first kappa shape index (κ1) is 13.6. The van der Waals surface area contributed by atoms with Gasteiger partial charge in [0.15, 0.2) is 0 Å². The minimum absolute atomic E-state index is 0. The first-order valence-electron chi connectivity index (χ1n) is 6.11. The lowest BCUT2D eigenvalue weighted by atomic mass is 10.0. The van der Waals surface area contributed by atoms with Crippen LogP contribution >= 0.6 is 23.9 Å². The molecule has 1 saturated heterocycles. The van der Waals surface area contributed by atoms with E-state index in [-0.39, 0.29) is 12.4 Å². The molecule has 0 amide bonds. The second-order valence-corrected chi connectivity index (χ2v) is 5.31. The molecule has 1 aromatic heterocycles. The van der Waals surface area contributed by atoms with Crippen molar-refractivity contribution in [1.82, 2.24) is 9.69 Å². The molecular formula is C13H17ClN2OS. The number of hydrogen-bond donors (Lipinski definition) is 1. The quantitative estimate of drug-likeness (QED) is 0.940. The molecule has 0 saturated carbocycles. The van der Waals surface area contributed by atoms with Crippen LogP contribution in [0, 0.1) is 5.92 Å². The molecule has 5 heteroatoms. The number of ether oxygens (including phenoxy) is 1. The maximum Gasteiger partial charge on any atom is 0.233 e. The number of rotatable bonds is 3. The molecular weight excluding hydrogens is 268 g/mol. The maximum absolute atomic E-state index is 5.86. The van der Waals surface area contributed by atoms with Crippen LogP contribution in [-0.4, -0.2) is 24.1 Å². The topological polar surface area (TPSA) is 34.1 Å². The summed E-state index contributed by atoms with van der Waals surface area (Å²) in [5.41, 5.74) is 0. The number of fused-ring (bicyclic) bond motifs is 1. The zero-order chi connectivity index (χ0) is 11.5. The van der Waals surface area contributed by atoms with Crippen molar-refractivity contribution < 1.29 is 4.74 Å². The van der Waals surface area contributed by atoms with Crippen molar-refractivity contribution in [1.29, 1.82) is 0 Å². The molecule has 1 aromatic carbocycles. The number of hydrogen-bond acceptors (Lipinski definition) is 4. The van der Waals surface area contributed by atoms with Gasteiger partial charge in [-0.1, -0.05) is 12.1 Å². The summed E-state index contributed by atoms with van der Waals surface area (Å²) in [6, 6.07) is 8.23. The Morgan fingerprint density at radius 3 is 3.11 bits per heavy atom. The SMILES string of the molecule is Cl.c1ccc2c(OCC3CCCNC3)nsc2c1. The predicted octanol–water partition coefficient (Wildman–Crippen LogP) is 3.10. The summed E-state index contributed by atoms with van der Waals surface area (Å²) in [6.45, 7) is 3.00. The van der Waals surface area contributed by atoms with Gasteiger partial charge in [-0.15, -0.1) is 12.4 Å². The third kappa shape index (κ3) is 2.94.